The maximum atomic E-state index is 11.1. The van der Waals surface area contributed by atoms with Gasteiger partial charge in [0.2, 0.25) is 0 Å². The highest BCUT2D eigenvalue weighted by atomic mass is 16.7. The number of hydrogen-bond donors (Lipinski definition) is 2. The van der Waals surface area contributed by atoms with Gasteiger partial charge in [-0.2, -0.15) is 0 Å². The monoisotopic (exact) mass is 251 g/mol. The van der Waals surface area contributed by atoms with Crippen molar-refractivity contribution in [3.05, 3.63) is 35.4 Å². The molecule has 1 unspecified atom stereocenters. The van der Waals surface area contributed by atoms with Gasteiger partial charge >= 0.3 is 0 Å². The third-order valence-corrected chi connectivity index (χ3v) is 2.89. The van der Waals surface area contributed by atoms with Crippen molar-refractivity contribution in [1.29, 1.82) is 0 Å². The smallest absolute Gasteiger partial charge is 0.274 e. The first kappa shape index (κ1) is 13.0. The molecule has 1 aromatic carbocycles. The number of carbonyl (C=O) groups is 1. The maximum absolute atomic E-state index is 11.1. The Morgan fingerprint density at radius 2 is 2.17 bits per heavy atom. The molecule has 0 bridgehead atoms. The Morgan fingerprint density at radius 1 is 1.39 bits per heavy atom. The lowest BCUT2D eigenvalue weighted by molar-refractivity contribution is -0.168. The Labute approximate surface area is 106 Å². The minimum absolute atomic E-state index is 0.112. The van der Waals surface area contributed by atoms with Gasteiger partial charge in [0.15, 0.2) is 6.29 Å². The minimum atomic E-state index is -0.516. The number of ether oxygens (including phenoxy) is 2. The summed E-state index contributed by atoms with van der Waals surface area (Å²) in [6, 6.07) is 6.89. The Morgan fingerprint density at radius 3 is 2.78 bits per heavy atom. The van der Waals surface area contributed by atoms with E-state index in [0.29, 0.717) is 12.2 Å². The van der Waals surface area contributed by atoms with Crippen LogP contribution in [0.5, 0.6) is 0 Å². The first-order chi connectivity index (χ1) is 8.79. The van der Waals surface area contributed by atoms with Crippen molar-refractivity contribution in [2.45, 2.75) is 32.2 Å². The molecule has 1 aliphatic heterocycles. The van der Waals surface area contributed by atoms with Crippen LogP contribution in [0.25, 0.3) is 0 Å². The molecule has 0 spiro atoms. The molecule has 1 aliphatic rings. The van der Waals surface area contributed by atoms with E-state index in [9.17, 15) is 4.79 Å². The van der Waals surface area contributed by atoms with Crippen LogP contribution in [0, 0.1) is 0 Å². The maximum Gasteiger partial charge on any atom is 0.274 e. The standard InChI is InChI=1S/C13H17NO4/c15-13(14-16)11-6-4-10(5-7-11)9-18-12-3-1-2-8-17-12/h4-7,12,16H,1-3,8-9H2,(H,14,15). The summed E-state index contributed by atoms with van der Waals surface area (Å²) >= 11 is 0. The fraction of sp³-hybridized carbons (Fsp3) is 0.462. The van der Waals surface area contributed by atoms with Crippen molar-refractivity contribution in [3.63, 3.8) is 0 Å². The van der Waals surface area contributed by atoms with Gasteiger partial charge in [-0.15, -0.1) is 0 Å². The first-order valence-electron chi connectivity index (χ1n) is 6.06. The molecule has 5 nitrogen and oxygen atoms in total. The molecule has 18 heavy (non-hydrogen) atoms. The Bertz CT molecular complexity index is 384. The summed E-state index contributed by atoms with van der Waals surface area (Å²) in [5.74, 6) is -0.516. The van der Waals surface area contributed by atoms with E-state index in [2.05, 4.69) is 0 Å². The van der Waals surface area contributed by atoms with Crippen LogP contribution in [0.3, 0.4) is 0 Å². The van der Waals surface area contributed by atoms with Crippen molar-refractivity contribution in [1.82, 2.24) is 5.48 Å². The molecule has 5 heteroatoms. The summed E-state index contributed by atoms with van der Waals surface area (Å²) in [5, 5.41) is 8.49. The van der Waals surface area contributed by atoms with Gasteiger partial charge in [-0.1, -0.05) is 12.1 Å². The van der Waals surface area contributed by atoms with Crippen molar-refractivity contribution >= 4 is 5.91 Å². The molecule has 1 saturated heterocycles. The highest BCUT2D eigenvalue weighted by Crippen LogP contribution is 2.15. The van der Waals surface area contributed by atoms with Crippen LogP contribution in [0.2, 0.25) is 0 Å². The Kier molecular flexibility index (Phi) is 4.69. The van der Waals surface area contributed by atoms with Crippen LogP contribution < -0.4 is 5.48 Å². The fourth-order valence-corrected chi connectivity index (χ4v) is 1.85. The van der Waals surface area contributed by atoms with Crippen molar-refractivity contribution < 1.29 is 19.5 Å². The zero-order valence-electron chi connectivity index (χ0n) is 10.1. The molecule has 1 aromatic rings. The summed E-state index contributed by atoms with van der Waals surface area (Å²) in [6.07, 6.45) is 3.06. The van der Waals surface area contributed by atoms with Gasteiger partial charge in [0, 0.05) is 12.2 Å². The zero-order chi connectivity index (χ0) is 12.8. The number of carbonyl (C=O) groups excluding carboxylic acids is 1. The number of nitrogens with one attached hydrogen (secondary N) is 1. The average Bonchev–Trinajstić information content (AvgIpc) is 2.46. The number of rotatable bonds is 4. The molecule has 1 amide bonds. The van der Waals surface area contributed by atoms with Crippen molar-refractivity contribution in [3.8, 4) is 0 Å². The number of hydrogen-bond acceptors (Lipinski definition) is 4. The summed E-state index contributed by atoms with van der Waals surface area (Å²) in [6.45, 7) is 1.23. The molecular formula is C13H17NO4. The zero-order valence-corrected chi connectivity index (χ0v) is 10.1. The third kappa shape index (κ3) is 3.53. The lowest BCUT2D eigenvalue weighted by Gasteiger charge is -2.22. The SMILES string of the molecule is O=C(NO)c1ccc(COC2CCCCO2)cc1. The van der Waals surface area contributed by atoms with Crippen LogP contribution in [0.15, 0.2) is 24.3 Å². The van der Waals surface area contributed by atoms with E-state index in [1.54, 1.807) is 29.7 Å². The molecule has 0 aliphatic carbocycles. The van der Waals surface area contributed by atoms with Gasteiger partial charge < -0.3 is 9.47 Å². The van der Waals surface area contributed by atoms with E-state index in [0.717, 1.165) is 31.4 Å². The summed E-state index contributed by atoms with van der Waals surface area (Å²) in [5.41, 5.74) is 2.98. The van der Waals surface area contributed by atoms with Crippen LogP contribution in [0.4, 0.5) is 0 Å². The fourth-order valence-electron chi connectivity index (χ4n) is 1.85. The molecular weight excluding hydrogens is 234 g/mol. The van der Waals surface area contributed by atoms with Gasteiger partial charge in [-0.3, -0.25) is 10.0 Å². The highest BCUT2D eigenvalue weighted by Gasteiger charge is 2.13. The third-order valence-electron chi connectivity index (χ3n) is 2.89. The van der Waals surface area contributed by atoms with E-state index >= 15 is 0 Å². The molecule has 0 radical (unpaired) electrons. The van der Waals surface area contributed by atoms with E-state index in [1.165, 1.54) is 0 Å². The van der Waals surface area contributed by atoms with Crippen LogP contribution in [0.1, 0.15) is 35.2 Å². The number of benzene rings is 1. The van der Waals surface area contributed by atoms with Gasteiger partial charge in [0.05, 0.1) is 6.61 Å². The quantitative estimate of drug-likeness (QED) is 0.633. The lowest BCUT2D eigenvalue weighted by atomic mass is 10.1. The minimum Gasteiger partial charge on any atom is -0.353 e. The van der Waals surface area contributed by atoms with E-state index in [4.69, 9.17) is 14.7 Å². The number of hydroxylamine groups is 1. The predicted octanol–water partition coefficient (Wildman–Crippen LogP) is 1.85. The van der Waals surface area contributed by atoms with E-state index in [-0.39, 0.29) is 6.29 Å². The second-order valence-electron chi connectivity index (χ2n) is 4.24. The average molecular weight is 251 g/mol. The van der Waals surface area contributed by atoms with Crippen LogP contribution >= 0.6 is 0 Å². The van der Waals surface area contributed by atoms with Crippen molar-refractivity contribution in [2.75, 3.05) is 6.61 Å². The summed E-state index contributed by atoms with van der Waals surface area (Å²) in [7, 11) is 0. The van der Waals surface area contributed by atoms with Crippen LogP contribution in [-0.2, 0) is 16.1 Å². The van der Waals surface area contributed by atoms with Gasteiger partial charge in [0.25, 0.3) is 5.91 Å². The summed E-state index contributed by atoms with van der Waals surface area (Å²) < 4.78 is 11.1. The highest BCUT2D eigenvalue weighted by molar-refractivity contribution is 5.93. The molecule has 0 saturated carbocycles. The second-order valence-corrected chi connectivity index (χ2v) is 4.24. The normalized spacial score (nSPS) is 19.5. The van der Waals surface area contributed by atoms with E-state index in [1.807, 2.05) is 0 Å². The topological polar surface area (TPSA) is 67.8 Å². The Hall–Kier alpha value is -1.43. The second kappa shape index (κ2) is 6.49. The van der Waals surface area contributed by atoms with Gasteiger partial charge in [0.1, 0.15) is 0 Å². The summed E-state index contributed by atoms with van der Waals surface area (Å²) in [4.78, 5) is 11.1. The Balaban J connectivity index is 1.84. The molecule has 1 atom stereocenters. The number of amides is 1. The molecule has 1 heterocycles. The molecule has 0 aromatic heterocycles. The largest absolute Gasteiger partial charge is 0.353 e. The molecule has 98 valence electrons. The van der Waals surface area contributed by atoms with Gasteiger partial charge in [-0.05, 0) is 37.0 Å². The van der Waals surface area contributed by atoms with Crippen molar-refractivity contribution in [2.24, 2.45) is 0 Å². The van der Waals surface area contributed by atoms with Gasteiger partial charge in [-0.25, -0.2) is 5.48 Å². The molecule has 2 rings (SSSR count). The first-order valence-corrected chi connectivity index (χ1v) is 6.06. The van der Waals surface area contributed by atoms with Crippen LogP contribution in [-0.4, -0.2) is 24.0 Å². The molecule has 1 fully saturated rings. The predicted molar refractivity (Wildman–Crippen MR) is 64.1 cm³/mol. The van der Waals surface area contributed by atoms with E-state index < -0.39 is 5.91 Å². The lowest BCUT2D eigenvalue weighted by Crippen LogP contribution is -2.22. The molecule has 2 N–H and O–H groups in total.